The largest absolute Gasteiger partial charge is 0.508 e. The van der Waals surface area contributed by atoms with Gasteiger partial charge >= 0.3 is 5.97 Å². The van der Waals surface area contributed by atoms with Crippen molar-refractivity contribution in [3.05, 3.63) is 29.8 Å². The molecule has 2 fully saturated rings. The van der Waals surface area contributed by atoms with Crippen molar-refractivity contribution < 1.29 is 70.1 Å². The van der Waals surface area contributed by atoms with E-state index in [-0.39, 0.29) is 12.2 Å². The molecule has 0 spiro atoms. The van der Waals surface area contributed by atoms with Crippen molar-refractivity contribution in [2.45, 2.75) is 73.9 Å². The summed E-state index contributed by atoms with van der Waals surface area (Å²) in [5, 5.41) is 94.0. The van der Waals surface area contributed by atoms with Crippen LogP contribution in [0.4, 0.5) is 0 Å². The molecule has 1 aromatic carbocycles. The van der Waals surface area contributed by atoms with Crippen molar-refractivity contribution in [3.8, 4) is 5.75 Å². The first-order valence-electron chi connectivity index (χ1n) is 10.9. The fraction of sp³-hybridized carbons (Fsp3) is 0.667. The van der Waals surface area contributed by atoms with Gasteiger partial charge in [-0.15, -0.1) is 0 Å². The first kappa shape index (κ1) is 30.2. The zero-order chi connectivity index (χ0) is 27.2. The van der Waals surface area contributed by atoms with Gasteiger partial charge in [0, 0.05) is 0 Å². The molecule has 2 heterocycles. The molecular weight excluding hydrogens is 490 g/mol. The summed E-state index contributed by atoms with van der Waals surface area (Å²) in [5.41, 5.74) is 6.12. The molecule has 36 heavy (non-hydrogen) atoms. The Hall–Kier alpha value is -1.99. The fourth-order valence-corrected chi connectivity index (χ4v) is 3.54. The van der Waals surface area contributed by atoms with Crippen LogP contribution in [-0.2, 0) is 25.4 Å². The van der Waals surface area contributed by atoms with Crippen LogP contribution >= 0.6 is 0 Å². The summed E-state index contributed by atoms with van der Waals surface area (Å²) < 4.78 is 15.3. The zero-order valence-electron chi connectivity index (χ0n) is 19.0. The van der Waals surface area contributed by atoms with Crippen molar-refractivity contribution in [2.75, 3.05) is 13.2 Å². The fourth-order valence-electron chi connectivity index (χ4n) is 3.54. The number of phenolic OH excluding ortho intramolecular Hbond substituents is 1. The number of carboxylic acid groups (broad SMARTS) is 1. The molecule has 2 saturated heterocycles. The highest BCUT2D eigenvalue weighted by Crippen LogP contribution is 2.28. The van der Waals surface area contributed by atoms with Crippen LogP contribution in [0.15, 0.2) is 24.3 Å². The van der Waals surface area contributed by atoms with E-state index in [0.717, 1.165) is 5.56 Å². The van der Waals surface area contributed by atoms with Gasteiger partial charge in [0.05, 0.1) is 13.2 Å². The molecule has 1 unspecified atom stereocenters. The third-order valence-corrected chi connectivity index (χ3v) is 5.69. The van der Waals surface area contributed by atoms with E-state index in [1.54, 1.807) is 12.1 Å². The van der Waals surface area contributed by atoms with Crippen LogP contribution in [0.2, 0.25) is 0 Å². The summed E-state index contributed by atoms with van der Waals surface area (Å²) >= 11 is 0. The standard InChI is InChI=1S/C12H22O11.C9H11NO3/c13-1-3-5(15)6(16)9(19)12(22-3)23-10-4(2-14)21-11(20)8(18)7(10)17;10-8(9(12)13)5-6-1-3-7(11)4-2-6/h3-20H,1-2H2;1-4,8,11H,5,10H2,(H,12,13)/t3-,4-,5-,6+,7-,8-,9-,10-,11-,12+;/m1./s1. The van der Waals surface area contributed by atoms with Gasteiger partial charge < -0.3 is 71.0 Å². The topological polar surface area (TPSA) is 273 Å². The van der Waals surface area contributed by atoms with Crippen LogP contribution in [-0.4, -0.2) is 138 Å². The predicted octanol–water partition coefficient (Wildman–Crippen LogP) is -5.05. The van der Waals surface area contributed by atoms with E-state index in [0.29, 0.717) is 0 Å². The summed E-state index contributed by atoms with van der Waals surface area (Å²) in [4.78, 5) is 10.4. The number of nitrogens with two attached hydrogens (primary N) is 1. The molecule has 0 aliphatic carbocycles. The van der Waals surface area contributed by atoms with E-state index < -0.39 is 86.6 Å². The molecule has 15 heteroatoms. The second-order valence-corrected chi connectivity index (χ2v) is 8.34. The molecule has 2 aliphatic rings. The summed E-state index contributed by atoms with van der Waals surface area (Å²) in [6.07, 6.45) is -15.3. The summed E-state index contributed by atoms with van der Waals surface area (Å²) in [6, 6.07) is 5.42. The number of carboxylic acids is 1. The van der Waals surface area contributed by atoms with Crippen LogP contribution in [0.25, 0.3) is 0 Å². The maximum Gasteiger partial charge on any atom is 0.320 e. The third kappa shape index (κ3) is 7.51. The number of aliphatic hydroxyl groups is 8. The number of aliphatic hydroxyl groups excluding tert-OH is 8. The Morgan fingerprint density at radius 3 is 1.97 bits per heavy atom. The van der Waals surface area contributed by atoms with Crippen LogP contribution in [0.1, 0.15) is 5.56 Å². The van der Waals surface area contributed by atoms with E-state index in [2.05, 4.69) is 0 Å². The Morgan fingerprint density at radius 1 is 0.861 bits per heavy atom. The quantitative estimate of drug-likeness (QED) is 0.160. The van der Waals surface area contributed by atoms with Gasteiger partial charge in [0.25, 0.3) is 0 Å². The molecular formula is C21H33NO14. The Kier molecular flexibility index (Phi) is 11.4. The second kappa shape index (κ2) is 13.5. The number of benzene rings is 1. The lowest BCUT2D eigenvalue weighted by Gasteiger charge is -2.45. The van der Waals surface area contributed by atoms with Gasteiger partial charge in [-0.2, -0.15) is 0 Å². The molecule has 0 aromatic heterocycles. The second-order valence-electron chi connectivity index (χ2n) is 8.34. The van der Waals surface area contributed by atoms with Crippen molar-refractivity contribution >= 4 is 5.97 Å². The predicted molar refractivity (Wildman–Crippen MR) is 116 cm³/mol. The first-order chi connectivity index (χ1) is 16.9. The SMILES string of the molecule is NC(Cc1ccc(O)cc1)C(=O)O.OC[C@H]1O[C@@H](O[C@H]2[C@H](O)[C@@H](O)[C@H](O)O[C@@H]2CO)[C@H](O)[C@@H](O)[C@@H]1O. The number of hydrogen-bond donors (Lipinski definition) is 11. The monoisotopic (exact) mass is 523 g/mol. The number of ether oxygens (including phenoxy) is 3. The highest BCUT2D eigenvalue weighted by molar-refractivity contribution is 5.73. The van der Waals surface area contributed by atoms with E-state index in [1.165, 1.54) is 12.1 Å². The lowest BCUT2D eigenvalue weighted by Crippen LogP contribution is -2.64. The lowest BCUT2D eigenvalue weighted by atomic mass is 9.97. The Balaban J connectivity index is 0.000000297. The minimum absolute atomic E-state index is 0.160. The molecule has 2 aliphatic heterocycles. The Labute approximate surface area is 205 Å². The van der Waals surface area contributed by atoms with E-state index in [4.69, 9.17) is 35.3 Å². The van der Waals surface area contributed by atoms with Crippen molar-refractivity contribution in [1.82, 2.24) is 0 Å². The number of aromatic hydroxyl groups is 1. The number of aliphatic carboxylic acids is 1. The average molecular weight is 523 g/mol. The van der Waals surface area contributed by atoms with Gasteiger partial charge in [-0.3, -0.25) is 4.79 Å². The Bertz CT molecular complexity index is 808. The molecule has 12 N–H and O–H groups in total. The van der Waals surface area contributed by atoms with Crippen molar-refractivity contribution in [1.29, 1.82) is 0 Å². The van der Waals surface area contributed by atoms with Gasteiger partial charge in [-0.25, -0.2) is 0 Å². The van der Waals surface area contributed by atoms with Gasteiger partial charge in [0.1, 0.15) is 60.6 Å². The van der Waals surface area contributed by atoms with Crippen molar-refractivity contribution in [2.24, 2.45) is 5.73 Å². The molecule has 0 bridgehead atoms. The van der Waals surface area contributed by atoms with Crippen LogP contribution in [0, 0.1) is 0 Å². The van der Waals surface area contributed by atoms with Gasteiger partial charge in [-0.1, -0.05) is 12.1 Å². The number of carbonyl (C=O) groups is 1. The highest BCUT2D eigenvalue weighted by Gasteiger charge is 2.50. The molecule has 15 nitrogen and oxygen atoms in total. The molecule has 3 rings (SSSR count). The van der Waals surface area contributed by atoms with Gasteiger partial charge in [-0.05, 0) is 24.1 Å². The maximum absolute atomic E-state index is 10.4. The number of rotatable bonds is 7. The summed E-state index contributed by atoms with van der Waals surface area (Å²) in [6.45, 7) is -1.35. The molecule has 206 valence electrons. The summed E-state index contributed by atoms with van der Waals surface area (Å²) in [7, 11) is 0. The average Bonchev–Trinajstić information content (AvgIpc) is 2.85. The first-order valence-corrected chi connectivity index (χ1v) is 10.9. The lowest BCUT2D eigenvalue weighted by molar-refractivity contribution is -0.355. The minimum Gasteiger partial charge on any atom is -0.508 e. The van der Waals surface area contributed by atoms with E-state index >= 15 is 0 Å². The van der Waals surface area contributed by atoms with Crippen LogP contribution in [0.5, 0.6) is 5.75 Å². The molecule has 0 saturated carbocycles. The number of hydrogen-bond acceptors (Lipinski definition) is 14. The van der Waals surface area contributed by atoms with Crippen LogP contribution in [0.3, 0.4) is 0 Å². The zero-order valence-corrected chi connectivity index (χ0v) is 19.0. The maximum atomic E-state index is 10.4. The molecule has 0 radical (unpaired) electrons. The van der Waals surface area contributed by atoms with E-state index in [1.807, 2.05) is 0 Å². The highest BCUT2D eigenvalue weighted by atomic mass is 16.7. The minimum atomic E-state index is -1.74. The summed E-state index contributed by atoms with van der Waals surface area (Å²) in [5.74, 6) is -0.860. The molecule has 1 aromatic rings. The van der Waals surface area contributed by atoms with Gasteiger partial charge in [0.2, 0.25) is 0 Å². The van der Waals surface area contributed by atoms with E-state index in [9.17, 15) is 40.5 Å². The normalized spacial score (nSPS) is 37.5. The third-order valence-electron chi connectivity index (χ3n) is 5.69. The smallest absolute Gasteiger partial charge is 0.320 e. The Morgan fingerprint density at radius 2 is 1.44 bits per heavy atom. The van der Waals surface area contributed by atoms with Gasteiger partial charge in [0.15, 0.2) is 12.6 Å². The van der Waals surface area contributed by atoms with Crippen molar-refractivity contribution in [3.63, 3.8) is 0 Å². The van der Waals surface area contributed by atoms with Crippen LogP contribution < -0.4 is 5.73 Å². The number of phenols is 1. The molecule has 11 atom stereocenters. The molecule has 0 amide bonds.